The number of carbonyl (C=O) groups is 1. The molecule has 0 saturated heterocycles. The van der Waals surface area contributed by atoms with Crippen molar-refractivity contribution in [3.8, 4) is 6.07 Å². The van der Waals surface area contributed by atoms with Crippen molar-refractivity contribution in [2.75, 3.05) is 5.32 Å². The van der Waals surface area contributed by atoms with Gasteiger partial charge in [-0.1, -0.05) is 0 Å². The number of nitriles is 1. The van der Waals surface area contributed by atoms with Crippen molar-refractivity contribution in [3.05, 3.63) is 24.5 Å². The highest BCUT2D eigenvalue weighted by Gasteiger charge is 2.03. The van der Waals surface area contributed by atoms with E-state index < -0.39 is 0 Å². The Morgan fingerprint density at radius 2 is 2.44 bits per heavy atom. The van der Waals surface area contributed by atoms with Gasteiger partial charge in [0.05, 0.1) is 23.4 Å². The topological polar surface area (TPSA) is 81.6 Å². The van der Waals surface area contributed by atoms with Crippen LogP contribution >= 0.6 is 0 Å². The van der Waals surface area contributed by atoms with Gasteiger partial charge in [0.15, 0.2) is 0 Å². The maximum Gasteiger partial charge on any atom is 0.225 e. The van der Waals surface area contributed by atoms with Crippen molar-refractivity contribution in [2.45, 2.75) is 12.8 Å². The zero-order chi connectivity index (χ0) is 11.4. The number of hydrogen-bond acceptors (Lipinski definition) is 3. The van der Waals surface area contributed by atoms with Crippen LogP contribution in [0.1, 0.15) is 12.8 Å². The minimum atomic E-state index is -0.152. The van der Waals surface area contributed by atoms with Gasteiger partial charge in [-0.05, 0) is 18.2 Å². The lowest BCUT2D eigenvalue weighted by molar-refractivity contribution is -0.116. The van der Waals surface area contributed by atoms with Gasteiger partial charge in [0, 0.05) is 18.5 Å². The van der Waals surface area contributed by atoms with E-state index in [-0.39, 0.29) is 18.7 Å². The van der Waals surface area contributed by atoms with Crippen LogP contribution < -0.4 is 5.32 Å². The quantitative estimate of drug-likeness (QED) is 0.817. The zero-order valence-electron chi connectivity index (χ0n) is 8.53. The van der Waals surface area contributed by atoms with E-state index in [0.29, 0.717) is 5.69 Å². The fourth-order valence-corrected chi connectivity index (χ4v) is 1.41. The number of aromatic amines is 1. The van der Waals surface area contributed by atoms with E-state index in [1.54, 1.807) is 12.4 Å². The van der Waals surface area contributed by atoms with Gasteiger partial charge in [0.25, 0.3) is 0 Å². The maximum atomic E-state index is 11.4. The summed E-state index contributed by atoms with van der Waals surface area (Å²) < 4.78 is 0. The molecule has 16 heavy (non-hydrogen) atoms. The first-order valence-electron chi connectivity index (χ1n) is 4.89. The Morgan fingerprint density at radius 1 is 1.56 bits per heavy atom. The second kappa shape index (κ2) is 4.45. The molecule has 80 valence electrons. The molecule has 0 aliphatic rings. The number of rotatable bonds is 3. The summed E-state index contributed by atoms with van der Waals surface area (Å²) >= 11 is 0. The van der Waals surface area contributed by atoms with Crippen LogP contribution in [0.2, 0.25) is 0 Å². The van der Waals surface area contributed by atoms with Gasteiger partial charge in [0.2, 0.25) is 5.91 Å². The summed E-state index contributed by atoms with van der Waals surface area (Å²) in [5, 5.41) is 11.1. The lowest BCUT2D eigenvalue weighted by Gasteiger charge is -2.03. The molecule has 0 spiro atoms. The third kappa shape index (κ3) is 2.17. The highest BCUT2D eigenvalue weighted by molar-refractivity contribution is 5.93. The molecule has 0 bridgehead atoms. The van der Waals surface area contributed by atoms with Crippen LogP contribution in [0.15, 0.2) is 24.5 Å². The monoisotopic (exact) mass is 214 g/mol. The molecule has 0 aliphatic heterocycles. The summed E-state index contributed by atoms with van der Waals surface area (Å²) in [6.45, 7) is 0. The van der Waals surface area contributed by atoms with Gasteiger partial charge in [0.1, 0.15) is 0 Å². The molecule has 1 aromatic heterocycles. The molecular weight excluding hydrogens is 204 g/mol. The number of anilines is 1. The van der Waals surface area contributed by atoms with Crippen molar-refractivity contribution in [1.29, 1.82) is 5.26 Å². The van der Waals surface area contributed by atoms with Crippen molar-refractivity contribution >= 4 is 22.6 Å². The van der Waals surface area contributed by atoms with E-state index in [1.807, 2.05) is 18.2 Å². The number of aromatic nitrogens is 2. The molecule has 1 amide bonds. The fourth-order valence-electron chi connectivity index (χ4n) is 1.41. The minimum absolute atomic E-state index is 0.152. The summed E-state index contributed by atoms with van der Waals surface area (Å²) in [4.78, 5) is 18.4. The molecule has 0 aliphatic carbocycles. The standard InChI is InChI=1S/C11H10N4O/c12-5-1-2-11(16)15-8-3-4-9-10(6-8)14-7-13-9/h3-4,6-7H,1-2H2,(H,13,14)(H,15,16). The van der Waals surface area contributed by atoms with Gasteiger partial charge >= 0.3 is 0 Å². The first-order valence-corrected chi connectivity index (χ1v) is 4.89. The average molecular weight is 214 g/mol. The Kier molecular flexibility index (Phi) is 2.83. The van der Waals surface area contributed by atoms with Gasteiger partial charge in [-0.2, -0.15) is 5.26 Å². The number of imidazole rings is 1. The van der Waals surface area contributed by atoms with Crippen molar-refractivity contribution in [1.82, 2.24) is 9.97 Å². The van der Waals surface area contributed by atoms with Crippen LogP contribution in [0.4, 0.5) is 5.69 Å². The molecule has 5 nitrogen and oxygen atoms in total. The highest BCUT2D eigenvalue weighted by atomic mass is 16.1. The molecule has 0 fully saturated rings. The number of fused-ring (bicyclic) bond motifs is 1. The summed E-state index contributed by atoms with van der Waals surface area (Å²) in [5.74, 6) is -0.152. The Labute approximate surface area is 92.1 Å². The van der Waals surface area contributed by atoms with Crippen LogP contribution in [0.5, 0.6) is 0 Å². The number of nitrogens with one attached hydrogen (secondary N) is 2. The number of H-pyrrole nitrogens is 1. The predicted octanol–water partition coefficient (Wildman–Crippen LogP) is 1.81. The van der Waals surface area contributed by atoms with Crippen molar-refractivity contribution in [3.63, 3.8) is 0 Å². The van der Waals surface area contributed by atoms with Gasteiger partial charge < -0.3 is 10.3 Å². The largest absolute Gasteiger partial charge is 0.345 e. The van der Waals surface area contributed by atoms with E-state index in [0.717, 1.165) is 11.0 Å². The second-order valence-electron chi connectivity index (χ2n) is 3.34. The van der Waals surface area contributed by atoms with E-state index in [4.69, 9.17) is 5.26 Å². The zero-order valence-corrected chi connectivity index (χ0v) is 8.53. The summed E-state index contributed by atoms with van der Waals surface area (Å²) in [5.41, 5.74) is 2.44. The molecule has 1 aromatic carbocycles. The molecule has 0 radical (unpaired) electrons. The fraction of sp³-hybridized carbons (Fsp3) is 0.182. The molecule has 0 atom stereocenters. The smallest absolute Gasteiger partial charge is 0.225 e. The van der Waals surface area contributed by atoms with E-state index in [9.17, 15) is 4.79 Å². The molecule has 2 N–H and O–H groups in total. The first kappa shape index (κ1) is 10.2. The molecule has 2 rings (SSSR count). The normalized spacial score (nSPS) is 9.94. The Balaban J connectivity index is 2.09. The molecule has 0 unspecified atom stereocenters. The van der Waals surface area contributed by atoms with Crippen LogP contribution in [-0.4, -0.2) is 15.9 Å². The molecular formula is C11H10N4O. The van der Waals surface area contributed by atoms with Crippen molar-refractivity contribution < 1.29 is 4.79 Å². The number of hydrogen-bond donors (Lipinski definition) is 2. The van der Waals surface area contributed by atoms with Crippen LogP contribution in [0, 0.1) is 11.3 Å². The van der Waals surface area contributed by atoms with Crippen LogP contribution in [0.3, 0.4) is 0 Å². The van der Waals surface area contributed by atoms with Gasteiger partial charge in [-0.15, -0.1) is 0 Å². The van der Waals surface area contributed by atoms with Crippen molar-refractivity contribution in [2.24, 2.45) is 0 Å². The molecule has 5 heteroatoms. The molecule has 2 aromatic rings. The Morgan fingerprint density at radius 3 is 3.25 bits per heavy atom. The second-order valence-corrected chi connectivity index (χ2v) is 3.34. The third-order valence-electron chi connectivity index (χ3n) is 2.17. The Hall–Kier alpha value is -2.35. The number of amides is 1. The van der Waals surface area contributed by atoms with Crippen LogP contribution in [-0.2, 0) is 4.79 Å². The van der Waals surface area contributed by atoms with Gasteiger partial charge in [-0.3, -0.25) is 4.79 Å². The highest BCUT2D eigenvalue weighted by Crippen LogP contribution is 2.15. The Bertz CT molecular complexity index is 552. The minimum Gasteiger partial charge on any atom is -0.345 e. The molecule has 1 heterocycles. The average Bonchev–Trinajstić information content (AvgIpc) is 2.73. The molecule has 0 saturated carbocycles. The van der Waals surface area contributed by atoms with E-state index >= 15 is 0 Å². The number of nitrogens with zero attached hydrogens (tertiary/aromatic N) is 2. The summed E-state index contributed by atoms with van der Waals surface area (Å²) in [7, 11) is 0. The summed E-state index contributed by atoms with van der Waals surface area (Å²) in [6, 6.07) is 7.36. The maximum absolute atomic E-state index is 11.4. The van der Waals surface area contributed by atoms with E-state index in [2.05, 4.69) is 15.3 Å². The first-order chi connectivity index (χ1) is 7.79. The lowest BCUT2D eigenvalue weighted by atomic mass is 10.2. The number of carbonyl (C=O) groups excluding carboxylic acids is 1. The SMILES string of the molecule is N#CCCC(=O)Nc1ccc2nc[nH]c2c1. The van der Waals surface area contributed by atoms with Gasteiger partial charge in [-0.25, -0.2) is 4.98 Å². The predicted molar refractivity (Wildman–Crippen MR) is 59.6 cm³/mol. The number of benzene rings is 1. The van der Waals surface area contributed by atoms with E-state index in [1.165, 1.54) is 0 Å². The third-order valence-corrected chi connectivity index (χ3v) is 2.17. The summed E-state index contributed by atoms with van der Waals surface area (Å²) in [6.07, 6.45) is 2.06. The van der Waals surface area contributed by atoms with Crippen LogP contribution in [0.25, 0.3) is 11.0 Å². The lowest BCUT2D eigenvalue weighted by Crippen LogP contribution is -2.10.